The maximum Gasteiger partial charge on any atom is 0.220 e. The van der Waals surface area contributed by atoms with E-state index in [1.807, 2.05) is 44.2 Å². The lowest BCUT2D eigenvalue weighted by molar-refractivity contribution is -0.121. The molecular weight excluding hydrogens is 330 g/mol. The molecule has 1 N–H and O–H groups in total. The number of aryl methyl sites for hydroxylation is 2. The molecule has 2 aromatic rings. The maximum atomic E-state index is 12.4. The molecule has 0 aliphatic carbocycles. The van der Waals surface area contributed by atoms with Gasteiger partial charge in [-0.15, -0.1) is 0 Å². The molecule has 0 aromatic heterocycles. The topological polar surface area (TPSA) is 56.8 Å². The first kappa shape index (κ1) is 19.6. The lowest BCUT2D eigenvalue weighted by atomic mass is 10.0. The number of nitrogens with one attached hydrogen (secondary N) is 1. The molecule has 5 nitrogen and oxygen atoms in total. The minimum atomic E-state index is -0.176. The largest absolute Gasteiger partial charge is 0.497 e. The van der Waals surface area contributed by atoms with E-state index in [-0.39, 0.29) is 11.9 Å². The van der Waals surface area contributed by atoms with Crippen LogP contribution in [0.4, 0.5) is 0 Å². The Morgan fingerprint density at radius 2 is 1.69 bits per heavy atom. The average molecular weight is 357 g/mol. The molecule has 0 radical (unpaired) electrons. The quantitative estimate of drug-likeness (QED) is 0.780. The Morgan fingerprint density at radius 1 is 1.00 bits per heavy atom. The second-order valence-corrected chi connectivity index (χ2v) is 6.20. The summed E-state index contributed by atoms with van der Waals surface area (Å²) in [5, 5.41) is 3.03. The Bertz CT molecular complexity index is 758. The molecule has 1 atom stereocenters. The maximum absolute atomic E-state index is 12.4. The molecule has 0 fully saturated rings. The highest BCUT2D eigenvalue weighted by Crippen LogP contribution is 2.29. The molecule has 5 heteroatoms. The summed E-state index contributed by atoms with van der Waals surface area (Å²) in [6, 6.07) is 11.4. The van der Waals surface area contributed by atoms with Gasteiger partial charge in [-0.1, -0.05) is 12.1 Å². The Balaban J connectivity index is 1.98. The monoisotopic (exact) mass is 357 g/mol. The van der Waals surface area contributed by atoms with E-state index in [9.17, 15) is 4.79 Å². The van der Waals surface area contributed by atoms with Crippen molar-refractivity contribution in [3.63, 3.8) is 0 Å². The average Bonchev–Trinajstić information content (AvgIpc) is 2.65. The highest BCUT2D eigenvalue weighted by Gasteiger charge is 2.15. The van der Waals surface area contributed by atoms with Crippen molar-refractivity contribution >= 4 is 5.91 Å². The fraction of sp³-hybridized carbons (Fsp3) is 0.381. The van der Waals surface area contributed by atoms with E-state index >= 15 is 0 Å². The molecule has 0 aliphatic rings. The molecule has 0 saturated carbocycles. The van der Waals surface area contributed by atoms with Crippen LogP contribution in [0.1, 0.15) is 36.1 Å². The van der Waals surface area contributed by atoms with Crippen LogP contribution in [0, 0.1) is 6.92 Å². The van der Waals surface area contributed by atoms with Crippen LogP contribution in [0.5, 0.6) is 17.2 Å². The van der Waals surface area contributed by atoms with Gasteiger partial charge in [0, 0.05) is 12.0 Å². The predicted molar refractivity (Wildman–Crippen MR) is 102 cm³/mol. The van der Waals surface area contributed by atoms with Crippen molar-refractivity contribution in [2.24, 2.45) is 0 Å². The van der Waals surface area contributed by atoms with Gasteiger partial charge in [0.15, 0.2) is 0 Å². The molecule has 140 valence electrons. The third-order valence-corrected chi connectivity index (χ3v) is 4.38. The summed E-state index contributed by atoms with van der Waals surface area (Å²) in [5.41, 5.74) is 3.07. The highest BCUT2D eigenvalue weighted by atomic mass is 16.5. The summed E-state index contributed by atoms with van der Waals surface area (Å²) in [6.07, 6.45) is 1.10. The first-order valence-corrected chi connectivity index (χ1v) is 8.63. The van der Waals surface area contributed by atoms with Gasteiger partial charge in [0.25, 0.3) is 0 Å². The van der Waals surface area contributed by atoms with Crippen molar-refractivity contribution in [1.29, 1.82) is 0 Å². The summed E-state index contributed by atoms with van der Waals surface area (Å²) in [7, 11) is 4.89. The van der Waals surface area contributed by atoms with E-state index in [2.05, 4.69) is 11.4 Å². The molecular formula is C21H27NO4. The first-order valence-electron chi connectivity index (χ1n) is 8.63. The molecule has 26 heavy (non-hydrogen) atoms. The van der Waals surface area contributed by atoms with Crippen LogP contribution < -0.4 is 19.5 Å². The lowest BCUT2D eigenvalue weighted by Gasteiger charge is -2.18. The molecule has 0 saturated heterocycles. The minimum Gasteiger partial charge on any atom is -0.497 e. The second kappa shape index (κ2) is 9.13. The van der Waals surface area contributed by atoms with Gasteiger partial charge in [0.1, 0.15) is 17.2 Å². The number of ether oxygens (including phenoxy) is 3. The van der Waals surface area contributed by atoms with Crippen molar-refractivity contribution in [2.45, 2.75) is 32.7 Å². The van der Waals surface area contributed by atoms with Crippen LogP contribution in [0.25, 0.3) is 0 Å². The van der Waals surface area contributed by atoms with E-state index in [0.29, 0.717) is 12.8 Å². The van der Waals surface area contributed by atoms with E-state index in [1.54, 1.807) is 21.3 Å². The van der Waals surface area contributed by atoms with Gasteiger partial charge in [0.2, 0.25) is 5.91 Å². The summed E-state index contributed by atoms with van der Waals surface area (Å²) in [6.45, 7) is 3.94. The number of carbonyl (C=O) groups is 1. The van der Waals surface area contributed by atoms with Gasteiger partial charge in [-0.3, -0.25) is 4.79 Å². The van der Waals surface area contributed by atoms with Gasteiger partial charge in [-0.05, 0) is 55.7 Å². The number of amides is 1. The van der Waals surface area contributed by atoms with Crippen LogP contribution in [-0.2, 0) is 11.2 Å². The number of hydrogen-bond donors (Lipinski definition) is 1. The van der Waals surface area contributed by atoms with Gasteiger partial charge < -0.3 is 19.5 Å². The Hall–Kier alpha value is -2.69. The van der Waals surface area contributed by atoms with Crippen LogP contribution in [0.15, 0.2) is 36.4 Å². The van der Waals surface area contributed by atoms with Crippen molar-refractivity contribution in [3.05, 3.63) is 53.1 Å². The second-order valence-electron chi connectivity index (χ2n) is 6.20. The minimum absolute atomic E-state index is 0.00385. The third kappa shape index (κ3) is 4.91. The van der Waals surface area contributed by atoms with Gasteiger partial charge >= 0.3 is 0 Å². The number of rotatable bonds is 8. The molecule has 0 heterocycles. The number of benzene rings is 2. The molecule has 2 rings (SSSR count). The zero-order valence-corrected chi connectivity index (χ0v) is 16.1. The molecule has 2 aromatic carbocycles. The van der Waals surface area contributed by atoms with Crippen molar-refractivity contribution in [1.82, 2.24) is 5.32 Å². The van der Waals surface area contributed by atoms with Crippen LogP contribution in [0.3, 0.4) is 0 Å². The zero-order chi connectivity index (χ0) is 19.1. The Labute approximate surface area is 155 Å². The van der Waals surface area contributed by atoms with Crippen LogP contribution in [0.2, 0.25) is 0 Å². The fourth-order valence-electron chi connectivity index (χ4n) is 2.92. The SMILES string of the molecule is COc1ccc(OC)c([C@H](C)NC(=O)CCc2ccc(OC)c(C)c2)c1. The molecule has 0 bridgehead atoms. The molecule has 0 aliphatic heterocycles. The summed E-state index contributed by atoms with van der Waals surface area (Å²) < 4.78 is 15.9. The number of hydrogen-bond acceptors (Lipinski definition) is 4. The Kier molecular flexibility index (Phi) is 6.89. The van der Waals surface area contributed by atoms with Gasteiger partial charge in [-0.2, -0.15) is 0 Å². The predicted octanol–water partition coefficient (Wildman–Crippen LogP) is 3.83. The summed E-state index contributed by atoms with van der Waals surface area (Å²) in [5.74, 6) is 2.31. The normalized spacial score (nSPS) is 11.6. The molecule has 1 amide bonds. The Morgan fingerprint density at radius 3 is 2.31 bits per heavy atom. The molecule has 0 spiro atoms. The summed E-state index contributed by atoms with van der Waals surface area (Å²) in [4.78, 5) is 12.4. The zero-order valence-electron chi connectivity index (χ0n) is 16.1. The number of methoxy groups -OCH3 is 3. The third-order valence-electron chi connectivity index (χ3n) is 4.38. The van der Waals surface area contributed by atoms with Gasteiger partial charge in [-0.25, -0.2) is 0 Å². The molecule has 0 unspecified atom stereocenters. The van der Waals surface area contributed by atoms with Crippen LogP contribution in [-0.4, -0.2) is 27.2 Å². The standard InChI is InChI=1S/C21H27NO4/c1-14-12-16(6-9-19(14)25-4)7-11-21(23)22-15(2)18-13-17(24-3)8-10-20(18)26-5/h6,8-10,12-13,15H,7,11H2,1-5H3,(H,22,23)/t15-/m0/s1. The van der Waals surface area contributed by atoms with Crippen molar-refractivity contribution in [2.75, 3.05) is 21.3 Å². The first-order chi connectivity index (χ1) is 12.5. The van der Waals surface area contributed by atoms with Crippen molar-refractivity contribution < 1.29 is 19.0 Å². The van der Waals surface area contributed by atoms with E-state index < -0.39 is 0 Å². The summed E-state index contributed by atoms with van der Waals surface area (Å²) >= 11 is 0. The van der Waals surface area contributed by atoms with Crippen molar-refractivity contribution in [3.8, 4) is 17.2 Å². The van der Waals surface area contributed by atoms with E-state index in [4.69, 9.17) is 14.2 Å². The smallest absolute Gasteiger partial charge is 0.220 e. The van der Waals surface area contributed by atoms with Crippen LogP contribution >= 0.6 is 0 Å². The highest BCUT2D eigenvalue weighted by molar-refractivity contribution is 5.76. The fourth-order valence-corrected chi connectivity index (χ4v) is 2.92. The van der Waals surface area contributed by atoms with Gasteiger partial charge in [0.05, 0.1) is 27.4 Å². The van der Waals surface area contributed by atoms with E-state index in [0.717, 1.165) is 33.9 Å². The van der Waals surface area contributed by atoms with E-state index in [1.165, 1.54) is 0 Å². The lowest BCUT2D eigenvalue weighted by Crippen LogP contribution is -2.27. The number of carbonyl (C=O) groups excluding carboxylic acids is 1.